The second-order valence-corrected chi connectivity index (χ2v) is 9.62. The third kappa shape index (κ3) is 4.23. The topological polar surface area (TPSA) is 119 Å². The molecule has 2 heterocycles. The maximum absolute atomic E-state index is 14.9. The summed E-state index contributed by atoms with van der Waals surface area (Å²) >= 11 is 5.91. The summed E-state index contributed by atoms with van der Waals surface area (Å²) in [6, 6.07) is 7.21. The van der Waals surface area contributed by atoms with E-state index in [0.717, 1.165) is 12.1 Å². The molecule has 4 rings (SSSR count). The number of sulfone groups is 1. The minimum absolute atomic E-state index is 0.0335. The Morgan fingerprint density at radius 1 is 1.22 bits per heavy atom. The smallest absolute Gasteiger partial charge is 0.250 e. The lowest BCUT2D eigenvalue weighted by Gasteiger charge is -2.24. The molecule has 0 saturated carbocycles. The predicted octanol–water partition coefficient (Wildman–Crippen LogP) is 2.69. The maximum atomic E-state index is 14.9. The van der Waals surface area contributed by atoms with Crippen LogP contribution >= 0.6 is 11.6 Å². The molecule has 12 heteroatoms. The molecule has 0 radical (unpaired) electrons. The minimum atomic E-state index is -4.08. The molecule has 1 aliphatic heterocycles. The Hall–Kier alpha value is -2.89. The number of amides is 1. The van der Waals surface area contributed by atoms with E-state index in [1.54, 1.807) is 24.3 Å². The lowest BCUT2D eigenvalue weighted by Crippen LogP contribution is -2.45. The quantitative estimate of drug-likeness (QED) is 0.593. The highest BCUT2D eigenvalue weighted by molar-refractivity contribution is 7.91. The summed E-state index contributed by atoms with van der Waals surface area (Å²) in [5.74, 6) is -2.57. The van der Waals surface area contributed by atoms with Gasteiger partial charge in [-0.2, -0.15) is 0 Å². The number of hydrogen-bond donors (Lipinski definition) is 1. The van der Waals surface area contributed by atoms with Gasteiger partial charge in [-0.05, 0) is 29.8 Å². The van der Waals surface area contributed by atoms with Crippen molar-refractivity contribution in [3.63, 3.8) is 0 Å². The summed E-state index contributed by atoms with van der Waals surface area (Å²) in [5.41, 5.74) is 6.22. The number of aromatic nitrogens is 2. The third-order valence-electron chi connectivity index (χ3n) is 4.92. The first-order valence-corrected chi connectivity index (χ1v) is 11.5. The van der Waals surface area contributed by atoms with E-state index in [1.165, 1.54) is 4.90 Å². The largest absolute Gasteiger partial charge is 0.420 e. The SMILES string of the molecule is N[C@H]1CS(=O)(=O)c2cc(F)c(-c3nnc(CCF)o3)cc2N(Cc2ccc(Cl)cc2)C1=O. The molecule has 1 aromatic heterocycles. The molecule has 8 nitrogen and oxygen atoms in total. The molecular formula is C20H17ClF2N4O4S. The van der Waals surface area contributed by atoms with Crippen molar-refractivity contribution in [3.05, 3.63) is 58.7 Å². The van der Waals surface area contributed by atoms with Gasteiger partial charge in [0, 0.05) is 5.02 Å². The Bertz CT molecular complexity index is 1280. The number of aryl methyl sites for hydroxylation is 1. The molecule has 0 unspecified atom stereocenters. The number of alkyl halides is 1. The number of anilines is 1. The van der Waals surface area contributed by atoms with Crippen molar-refractivity contribution in [3.8, 4) is 11.5 Å². The van der Waals surface area contributed by atoms with E-state index in [2.05, 4.69) is 10.2 Å². The molecule has 0 spiro atoms. The molecule has 0 saturated heterocycles. The number of carbonyl (C=O) groups excluding carboxylic acids is 1. The molecule has 168 valence electrons. The number of carbonyl (C=O) groups is 1. The number of nitrogens with zero attached hydrogens (tertiary/aromatic N) is 3. The monoisotopic (exact) mass is 482 g/mol. The number of rotatable bonds is 5. The minimum Gasteiger partial charge on any atom is -0.420 e. The number of fused-ring (bicyclic) bond motifs is 1. The second-order valence-electron chi connectivity index (χ2n) is 7.18. The summed E-state index contributed by atoms with van der Waals surface area (Å²) in [6.45, 7) is -0.776. The van der Waals surface area contributed by atoms with Crippen molar-refractivity contribution < 1.29 is 26.4 Å². The van der Waals surface area contributed by atoms with Gasteiger partial charge in [0.2, 0.25) is 11.8 Å². The average molecular weight is 483 g/mol. The van der Waals surface area contributed by atoms with Crippen LogP contribution in [0.15, 0.2) is 45.7 Å². The highest BCUT2D eigenvalue weighted by Gasteiger charge is 2.37. The van der Waals surface area contributed by atoms with E-state index in [0.29, 0.717) is 10.6 Å². The van der Waals surface area contributed by atoms with Crippen LogP contribution in [0, 0.1) is 5.82 Å². The van der Waals surface area contributed by atoms with Crippen LogP contribution in [-0.2, 0) is 27.6 Å². The van der Waals surface area contributed by atoms with Crippen molar-refractivity contribution in [2.45, 2.75) is 23.9 Å². The highest BCUT2D eigenvalue weighted by Crippen LogP contribution is 2.37. The van der Waals surface area contributed by atoms with Crippen LogP contribution in [0.1, 0.15) is 11.5 Å². The van der Waals surface area contributed by atoms with Crippen molar-refractivity contribution in [1.82, 2.24) is 10.2 Å². The average Bonchev–Trinajstić information content (AvgIpc) is 3.19. The van der Waals surface area contributed by atoms with Gasteiger partial charge in [-0.25, -0.2) is 12.8 Å². The fraction of sp³-hybridized carbons (Fsp3) is 0.250. The van der Waals surface area contributed by atoms with E-state index in [1.807, 2.05) is 0 Å². The number of benzene rings is 2. The van der Waals surface area contributed by atoms with Gasteiger partial charge in [0.05, 0.1) is 47.6 Å². The molecule has 0 bridgehead atoms. The van der Waals surface area contributed by atoms with Gasteiger partial charge in [0.25, 0.3) is 5.89 Å². The van der Waals surface area contributed by atoms with Crippen LogP contribution in [0.5, 0.6) is 0 Å². The Morgan fingerprint density at radius 2 is 1.94 bits per heavy atom. The highest BCUT2D eigenvalue weighted by atomic mass is 35.5. The Morgan fingerprint density at radius 3 is 2.62 bits per heavy atom. The van der Waals surface area contributed by atoms with Crippen molar-refractivity contribution in [2.24, 2.45) is 5.73 Å². The van der Waals surface area contributed by atoms with Crippen LogP contribution in [0.3, 0.4) is 0 Å². The summed E-state index contributed by atoms with van der Waals surface area (Å²) in [4.78, 5) is 13.8. The molecule has 1 atom stereocenters. The third-order valence-corrected chi connectivity index (χ3v) is 6.96. The zero-order valence-electron chi connectivity index (χ0n) is 16.5. The van der Waals surface area contributed by atoms with Gasteiger partial charge in [-0.3, -0.25) is 9.18 Å². The van der Waals surface area contributed by atoms with Crippen molar-refractivity contribution in [2.75, 3.05) is 17.3 Å². The summed E-state index contributed by atoms with van der Waals surface area (Å²) < 4.78 is 58.4. The van der Waals surface area contributed by atoms with Crippen molar-refractivity contribution in [1.29, 1.82) is 0 Å². The van der Waals surface area contributed by atoms with Crippen LogP contribution in [0.25, 0.3) is 11.5 Å². The maximum Gasteiger partial charge on any atom is 0.250 e. The zero-order chi connectivity index (χ0) is 23.0. The molecule has 0 fully saturated rings. The van der Waals surface area contributed by atoms with E-state index in [4.69, 9.17) is 21.8 Å². The van der Waals surface area contributed by atoms with Gasteiger partial charge in [0.15, 0.2) is 9.84 Å². The lowest BCUT2D eigenvalue weighted by molar-refractivity contribution is -0.119. The molecule has 1 aliphatic rings. The molecule has 2 aromatic carbocycles. The second kappa shape index (κ2) is 8.57. The Labute approximate surface area is 186 Å². The molecule has 0 aliphatic carbocycles. The van der Waals surface area contributed by atoms with Crippen molar-refractivity contribution >= 4 is 33.0 Å². The van der Waals surface area contributed by atoms with Crippen LogP contribution in [-0.4, -0.2) is 43.0 Å². The van der Waals surface area contributed by atoms with Gasteiger partial charge >= 0.3 is 0 Å². The van der Waals surface area contributed by atoms with Crippen LogP contribution < -0.4 is 10.6 Å². The van der Waals surface area contributed by atoms with Gasteiger partial charge in [-0.1, -0.05) is 23.7 Å². The van der Waals surface area contributed by atoms with Crippen LogP contribution in [0.2, 0.25) is 5.02 Å². The molecule has 3 aromatic rings. The fourth-order valence-electron chi connectivity index (χ4n) is 3.36. The molecule has 32 heavy (non-hydrogen) atoms. The molecule has 2 N–H and O–H groups in total. The predicted molar refractivity (Wildman–Crippen MR) is 112 cm³/mol. The lowest BCUT2D eigenvalue weighted by atomic mass is 10.1. The fourth-order valence-corrected chi connectivity index (χ4v) is 5.06. The zero-order valence-corrected chi connectivity index (χ0v) is 18.0. The van der Waals surface area contributed by atoms with E-state index in [-0.39, 0.29) is 40.9 Å². The van der Waals surface area contributed by atoms with Gasteiger partial charge in [0.1, 0.15) is 5.82 Å². The first-order chi connectivity index (χ1) is 15.2. The first-order valence-electron chi connectivity index (χ1n) is 9.46. The summed E-state index contributed by atoms with van der Waals surface area (Å²) in [7, 11) is -4.08. The summed E-state index contributed by atoms with van der Waals surface area (Å²) in [5, 5.41) is 7.85. The summed E-state index contributed by atoms with van der Waals surface area (Å²) in [6.07, 6.45) is -0.149. The molecule has 1 amide bonds. The molecular weight excluding hydrogens is 466 g/mol. The number of halogens is 3. The number of nitrogens with two attached hydrogens (primary N) is 1. The van der Waals surface area contributed by atoms with E-state index in [9.17, 15) is 22.0 Å². The van der Waals surface area contributed by atoms with E-state index < -0.39 is 40.0 Å². The van der Waals surface area contributed by atoms with E-state index >= 15 is 0 Å². The number of hydrogen-bond acceptors (Lipinski definition) is 7. The Kier molecular flexibility index (Phi) is 5.97. The standard InChI is InChI=1S/C20H17ClF2N4O4S/c21-12-3-1-11(2-4-12)9-27-16-7-13(19-26-25-18(31-19)5-6-22)14(23)8-17(16)32(29,30)10-15(24)20(27)28/h1-4,7-8,15H,5-6,9-10,24H2/t15-/m0/s1. The van der Waals surface area contributed by atoms with Gasteiger partial charge < -0.3 is 15.1 Å². The normalized spacial score (nSPS) is 17.8. The van der Waals surface area contributed by atoms with Gasteiger partial charge in [-0.15, -0.1) is 10.2 Å². The van der Waals surface area contributed by atoms with Crippen LogP contribution in [0.4, 0.5) is 14.5 Å². The first kappa shape index (κ1) is 22.3. The Balaban J connectivity index is 1.87.